The highest BCUT2D eigenvalue weighted by Crippen LogP contribution is 2.23. The molecule has 1 aromatic rings. The van der Waals surface area contributed by atoms with Gasteiger partial charge in [-0.15, -0.1) is 12.6 Å². The van der Waals surface area contributed by atoms with Gasteiger partial charge in [-0.05, 0) is 18.2 Å². The minimum atomic E-state index is 0.240. The summed E-state index contributed by atoms with van der Waals surface area (Å²) in [7, 11) is 1.81. The highest BCUT2D eigenvalue weighted by Gasteiger charge is 1.95. The molecule has 0 aliphatic rings. The van der Waals surface area contributed by atoms with Crippen molar-refractivity contribution < 1.29 is 5.11 Å². The monoisotopic (exact) mass is 155 g/mol. The molecule has 0 aliphatic heterocycles. The zero-order valence-corrected chi connectivity index (χ0v) is 6.52. The third-order valence-electron chi connectivity index (χ3n) is 1.25. The Hall–Kier alpha value is -0.830. The lowest BCUT2D eigenvalue weighted by atomic mass is 10.3. The molecule has 2 N–H and O–H groups in total. The van der Waals surface area contributed by atoms with Crippen LogP contribution in [-0.4, -0.2) is 12.2 Å². The van der Waals surface area contributed by atoms with E-state index < -0.39 is 0 Å². The van der Waals surface area contributed by atoms with Crippen LogP contribution >= 0.6 is 12.6 Å². The summed E-state index contributed by atoms with van der Waals surface area (Å²) in [6, 6.07) is 4.98. The zero-order chi connectivity index (χ0) is 7.56. The Morgan fingerprint density at radius 2 is 2.20 bits per heavy atom. The Kier molecular flexibility index (Phi) is 2.06. The minimum absolute atomic E-state index is 0.240. The summed E-state index contributed by atoms with van der Waals surface area (Å²) < 4.78 is 0. The molecule has 0 heterocycles. The SMILES string of the molecule is CNc1ccc(O)cc1S. The maximum Gasteiger partial charge on any atom is 0.116 e. The molecule has 0 saturated heterocycles. The number of rotatable bonds is 1. The first-order chi connectivity index (χ1) is 4.74. The van der Waals surface area contributed by atoms with Gasteiger partial charge in [0.2, 0.25) is 0 Å². The van der Waals surface area contributed by atoms with Crippen LogP contribution in [0.4, 0.5) is 5.69 Å². The summed E-state index contributed by atoms with van der Waals surface area (Å²) in [5, 5.41) is 11.9. The number of phenolic OH excluding ortho intramolecular Hbond substituents is 1. The lowest BCUT2D eigenvalue weighted by Gasteiger charge is -2.02. The molecule has 3 heteroatoms. The fourth-order valence-corrected chi connectivity index (χ4v) is 1.05. The second kappa shape index (κ2) is 2.84. The third kappa shape index (κ3) is 1.36. The van der Waals surface area contributed by atoms with Gasteiger partial charge in [-0.1, -0.05) is 0 Å². The predicted octanol–water partition coefficient (Wildman–Crippen LogP) is 1.72. The number of aromatic hydroxyl groups is 1. The van der Waals surface area contributed by atoms with Crippen LogP contribution in [0.25, 0.3) is 0 Å². The molecule has 0 amide bonds. The Bertz CT molecular complexity index is 237. The molecule has 0 atom stereocenters. The van der Waals surface area contributed by atoms with Crippen molar-refractivity contribution in [2.75, 3.05) is 12.4 Å². The van der Waals surface area contributed by atoms with Crippen LogP contribution in [-0.2, 0) is 0 Å². The normalized spacial score (nSPS) is 9.40. The Morgan fingerprint density at radius 3 is 2.70 bits per heavy atom. The summed E-state index contributed by atoms with van der Waals surface area (Å²) in [5.74, 6) is 0.240. The summed E-state index contributed by atoms with van der Waals surface area (Å²) >= 11 is 4.13. The van der Waals surface area contributed by atoms with Gasteiger partial charge < -0.3 is 10.4 Å². The van der Waals surface area contributed by atoms with Crippen molar-refractivity contribution in [2.45, 2.75) is 4.90 Å². The predicted molar refractivity (Wildman–Crippen MR) is 44.9 cm³/mol. The van der Waals surface area contributed by atoms with E-state index in [0.717, 1.165) is 10.6 Å². The van der Waals surface area contributed by atoms with E-state index in [0.29, 0.717) is 0 Å². The first kappa shape index (κ1) is 7.28. The lowest BCUT2D eigenvalue weighted by molar-refractivity contribution is 0.474. The fraction of sp³-hybridized carbons (Fsp3) is 0.143. The van der Waals surface area contributed by atoms with E-state index in [1.165, 1.54) is 0 Å². The third-order valence-corrected chi connectivity index (χ3v) is 1.62. The molecule has 10 heavy (non-hydrogen) atoms. The van der Waals surface area contributed by atoms with Crippen molar-refractivity contribution in [1.82, 2.24) is 0 Å². The molecule has 54 valence electrons. The summed E-state index contributed by atoms with van der Waals surface area (Å²) in [4.78, 5) is 0.752. The van der Waals surface area contributed by atoms with Gasteiger partial charge >= 0.3 is 0 Å². The van der Waals surface area contributed by atoms with Crippen LogP contribution in [0.15, 0.2) is 23.1 Å². The lowest BCUT2D eigenvalue weighted by Crippen LogP contribution is -1.87. The summed E-state index contributed by atoms with van der Waals surface area (Å²) in [6.45, 7) is 0. The van der Waals surface area contributed by atoms with Gasteiger partial charge in [-0.2, -0.15) is 0 Å². The topological polar surface area (TPSA) is 32.3 Å². The molecule has 0 bridgehead atoms. The van der Waals surface area contributed by atoms with Crippen LogP contribution in [0.5, 0.6) is 5.75 Å². The van der Waals surface area contributed by atoms with Crippen LogP contribution in [0.1, 0.15) is 0 Å². The Morgan fingerprint density at radius 1 is 1.50 bits per heavy atom. The highest BCUT2D eigenvalue weighted by atomic mass is 32.1. The molecule has 0 aromatic heterocycles. The van der Waals surface area contributed by atoms with Gasteiger partial charge in [-0.25, -0.2) is 0 Å². The summed E-state index contributed by atoms with van der Waals surface area (Å²) in [5.41, 5.74) is 0.918. The van der Waals surface area contributed by atoms with Gasteiger partial charge in [0, 0.05) is 17.6 Å². The van der Waals surface area contributed by atoms with Crippen LogP contribution < -0.4 is 5.32 Å². The number of nitrogens with one attached hydrogen (secondary N) is 1. The van der Waals surface area contributed by atoms with Gasteiger partial charge in [-0.3, -0.25) is 0 Å². The standard InChI is InChI=1S/C7H9NOS/c1-8-6-3-2-5(9)4-7(6)10/h2-4,8-10H,1H3. The van der Waals surface area contributed by atoms with Crippen LogP contribution in [0, 0.1) is 0 Å². The van der Waals surface area contributed by atoms with Gasteiger partial charge in [0.15, 0.2) is 0 Å². The highest BCUT2D eigenvalue weighted by molar-refractivity contribution is 7.80. The largest absolute Gasteiger partial charge is 0.508 e. The quantitative estimate of drug-likeness (QED) is 0.426. The van der Waals surface area contributed by atoms with Crippen LogP contribution in [0.3, 0.4) is 0 Å². The van der Waals surface area contributed by atoms with Crippen molar-refractivity contribution in [2.24, 2.45) is 0 Å². The van der Waals surface area contributed by atoms with E-state index in [1.807, 2.05) is 7.05 Å². The fourth-order valence-electron chi connectivity index (χ4n) is 0.731. The molecular formula is C7H9NOS. The Labute approximate surface area is 65.3 Å². The van der Waals surface area contributed by atoms with Crippen molar-refractivity contribution in [3.05, 3.63) is 18.2 Å². The maximum atomic E-state index is 8.96. The van der Waals surface area contributed by atoms with Gasteiger partial charge in [0.25, 0.3) is 0 Å². The molecule has 2 nitrogen and oxygen atoms in total. The van der Waals surface area contributed by atoms with E-state index in [4.69, 9.17) is 5.11 Å². The molecule has 0 unspecified atom stereocenters. The van der Waals surface area contributed by atoms with Gasteiger partial charge in [0.05, 0.1) is 0 Å². The van der Waals surface area contributed by atoms with Crippen LogP contribution in [0.2, 0.25) is 0 Å². The Balaban J connectivity index is 3.07. The molecule has 0 aliphatic carbocycles. The average molecular weight is 155 g/mol. The number of hydrogen-bond donors (Lipinski definition) is 3. The van der Waals surface area contributed by atoms with E-state index in [9.17, 15) is 0 Å². The van der Waals surface area contributed by atoms with E-state index in [-0.39, 0.29) is 5.75 Å². The number of benzene rings is 1. The number of thiol groups is 1. The van der Waals surface area contributed by atoms with Crippen molar-refractivity contribution in [3.8, 4) is 5.75 Å². The number of hydrogen-bond acceptors (Lipinski definition) is 3. The van der Waals surface area contributed by atoms with Crippen molar-refractivity contribution in [1.29, 1.82) is 0 Å². The zero-order valence-electron chi connectivity index (χ0n) is 5.63. The number of phenols is 1. The molecule has 0 radical (unpaired) electrons. The molecule has 0 spiro atoms. The molecule has 1 aromatic carbocycles. The number of anilines is 1. The molecular weight excluding hydrogens is 146 g/mol. The van der Waals surface area contributed by atoms with Gasteiger partial charge in [0.1, 0.15) is 5.75 Å². The average Bonchev–Trinajstić information content (AvgIpc) is 1.88. The van der Waals surface area contributed by atoms with E-state index in [2.05, 4.69) is 17.9 Å². The van der Waals surface area contributed by atoms with Crippen molar-refractivity contribution >= 4 is 18.3 Å². The first-order valence-electron chi connectivity index (χ1n) is 2.94. The minimum Gasteiger partial charge on any atom is -0.508 e. The molecule has 0 saturated carbocycles. The van der Waals surface area contributed by atoms with E-state index >= 15 is 0 Å². The molecule has 0 fully saturated rings. The first-order valence-corrected chi connectivity index (χ1v) is 3.38. The molecule has 1 rings (SSSR count). The second-order valence-electron chi connectivity index (χ2n) is 1.95. The smallest absolute Gasteiger partial charge is 0.116 e. The maximum absolute atomic E-state index is 8.96. The second-order valence-corrected chi connectivity index (χ2v) is 2.43. The van der Waals surface area contributed by atoms with E-state index in [1.54, 1.807) is 18.2 Å². The van der Waals surface area contributed by atoms with Crippen molar-refractivity contribution in [3.63, 3.8) is 0 Å². The summed E-state index contributed by atoms with van der Waals surface area (Å²) in [6.07, 6.45) is 0.